The van der Waals surface area contributed by atoms with Crippen molar-refractivity contribution in [2.75, 3.05) is 0 Å². The number of hydrogen-bond donors (Lipinski definition) is 1. The standard InChI is InChI=1S/C14H9FN4O/c1-8-11(6-9(7-16)14(20)18-8)10-2-3-12-17-4-5-19(12)13(10)15/h2-6H,1H3,(H,18,20). The van der Waals surface area contributed by atoms with E-state index in [0.29, 0.717) is 22.5 Å². The van der Waals surface area contributed by atoms with Crippen LogP contribution in [0, 0.1) is 24.2 Å². The van der Waals surface area contributed by atoms with Crippen LogP contribution in [0.1, 0.15) is 11.3 Å². The zero-order chi connectivity index (χ0) is 14.3. The van der Waals surface area contributed by atoms with E-state index in [4.69, 9.17) is 5.26 Å². The highest BCUT2D eigenvalue weighted by Crippen LogP contribution is 2.25. The van der Waals surface area contributed by atoms with E-state index < -0.39 is 11.5 Å². The van der Waals surface area contributed by atoms with E-state index in [-0.39, 0.29) is 5.56 Å². The molecule has 0 aliphatic carbocycles. The van der Waals surface area contributed by atoms with Crippen molar-refractivity contribution in [1.29, 1.82) is 5.26 Å². The van der Waals surface area contributed by atoms with E-state index in [1.54, 1.807) is 25.1 Å². The first-order valence-corrected chi connectivity index (χ1v) is 5.88. The molecule has 0 atom stereocenters. The van der Waals surface area contributed by atoms with Gasteiger partial charge in [-0.3, -0.25) is 9.20 Å². The van der Waals surface area contributed by atoms with E-state index in [2.05, 4.69) is 9.97 Å². The van der Waals surface area contributed by atoms with Crippen LogP contribution < -0.4 is 5.56 Å². The smallest absolute Gasteiger partial charge is 0.266 e. The Labute approximate surface area is 112 Å². The second kappa shape index (κ2) is 4.31. The fraction of sp³-hybridized carbons (Fsp3) is 0.0714. The molecule has 0 aromatic carbocycles. The van der Waals surface area contributed by atoms with Crippen LogP contribution in [0.2, 0.25) is 0 Å². The molecule has 1 N–H and O–H groups in total. The third-order valence-electron chi connectivity index (χ3n) is 3.15. The molecule has 0 saturated heterocycles. The summed E-state index contributed by atoms with van der Waals surface area (Å²) in [5.74, 6) is -0.487. The van der Waals surface area contributed by atoms with Crippen molar-refractivity contribution in [2.24, 2.45) is 0 Å². The Bertz CT molecular complexity index is 917. The summed E-state index contributed by atoms with van der Waals surface area (Å²) < 4.78 is 15.8. The number of nitrogens with one attached hydrogen (secondary N) is 1. The van der Waals surface area contributed by atoms with Crippen molar-refractivity contribution in [3.63, 3.8) is 0 Å². The molecule has 0 aliphatic rings. The number of rotatable bonds is 1. The molecule has 0 amide bonds. The number of aromatic amines is 1. The molecular weight excluding hydrogens is 259 g/mol. The molecule has 0 radical (unpaired) electrons. The Balaban J connectivity index is 2.33. The maximum Gasteiger partial charge on any atom is 0.266 e. The summed E-state index contributed by atoms with van der Waals surface area (Å²) in [6.07, 6.45) is 3.02. The molecule has 0 fully saturated rings. The molecule has 98 valence electrons. The summed E-state index contributed by atoms with van der Waals surface area (Å²) in [6.45, 7) is 1.66. The van der Waals surface area contributed by atoms with E-state index in [0.717, 1.165) is 0 Å². The zero-order valence-corrected chi connectivity index (χ0v) is 10.5. The van der Waals surface area contributed by atoms with Gasteiger partial charge in [0, 0.05) is 29.2 Å². The Morgan fingerprint density at radius 3 is 2.95 bits per heavy atom. The normalized spacial score (nSPS) is 10.7. The number of H-pyrrole nitrogens is 1. The van der Waals surface area contributed by atoms with Gasteiger partial charge in [-0.2, -0.15) is 9.65 Å². The molecule has 5 nitrogen and oxygen atoms in total. The Hall–Kier alpha value is -2.94. The number of imidazole rings is 1. The predicted molar refractivity (Wildman–Crippen MR) is 70.7 cm³/mol. The van der Waals surface area contributed by atoms with Crippen LogP contribution in [0.5, 0.6) is 0 Å². The lowest BCUT2D eigenvalue weighted by molar-refractivity contribution is 0.571. The molecule has 20 heavy (non-hydrogen) atoms. The lowest BCUT2D eigenvalue weighted by Gasteiger charge is -2.08. The summed E-state index contributed by atoms with van der Waals surface area (Å²) in [5, 5.41) is 8.91. The summed E-state index contributed by atoms with van der Waals surface area (Å²) in [4.78, 5) is 18.1. The lowest BCUT2D eigenvalue weighted by Crippen LogP contribution is -2.12. The van der Waals surface area contributed by atoms with Crippen molar-refractivity contribution in [3.8, 4) is 17.2 Å². The highest BCUT2D eigenvalue weighted by molar-refractivity contribution is 5.68. The second-order valence-electron chi connectivity index (χ2n) is 4.36. The number of pyridine rings is 2. The Morgan fingerprint density at radius 2 is 2.20 bits per heavy atom. The minimum atomic E-state index is -0.487. The fourth-order valence-electron chi connectivity index (χ4n) is 2.15. The highest BCUT2D eigenvalue weighted by atomic mass is 19.1. The largest absolute Gasteiger partial charge is 0.325 e. The number of fused-ring (bicyclic) bond motifs is 1. The summed E-state index contributed by atoms with van der Waals surface area (Å²) in [7, 11) is 0. The van der Waals surface area contributed by atoms with E-state index >= 15 is 0 Å². The van der Waals surface area contributed by atoms with Crippen molar-refractivity contribution in [3.05, 3.63) is 58.2 Å². The highest BCUT2D eigenvalue weighted by Gasteiger charge is 2.14. The first kappa shape index (κ1) is 12.1. The molecule has 3 aromatic rings. The first-order valence-electron chi connectivity index (χ1n) is 5.88. The van der Waals surface area contributed by atoms with Gasteiger partial charge in [-0.25, -0.2) is 4.98 Å². The van der Waals surface area contributed by atoms with Crippen molar-refractivity contribution in [2.45, 2.75) is 6.92 Å². The fourth-order valence-corrected chi connectivity index (χ4v) is 2.15. The van der Waals surface area contributed by atoms with Crippen LogP contribution in [-0.4, -0.2) is 14.4 Å². The molecule has 3 heterocycles. The SMILES string of the molecule is Cc1[nH]c(=O)c(C#N)cc1-c1ccc2nccn2c1F. The summed E-state index contributed by atoms with van der Waals surface area (Å²) in [5.41, 5.74) is 1.27. The van der Waals surface area contributed by atoms with E-state index in [1.165, 1.54) is 22.9 Å². The topological polar surface area (TPSA) is 73.9 Å². The third-order valence-corrected chi connectivity index (χ3v) is 3.15. The molecule has 0 spiro atoms. The van der Waals surface area contributed by atoms with Gasteiger partial charge in [0.15, 0.2) is 0 Å². The van der Waals surface area contributed by atoms with E-state index in [9.17, 15) is 9.18 Å². The van der Waals surface area contributed by atoms with Crippen molar-refractivity contribution >= 4 is 5.65 Å². The van der Waals surface area contributed by atoms with Crippen LogP contribution in [0.15, 0.2) is 35.4 Å². The van der Waals surface area contributed by atoms with Gasteiger partial charge in [0.1, 0.15) is 17.3 Å². The van der Waals surface area contributed by atoms with Crippen LogP contribution in [-0.2, 0) is 0 Å². The number of hydrogen-bond acceptors (Lipinski definition) is 3. The van der Waals surface area contributed by atoms with Crippen LogP contribution in [0.3, 0.4) is 0 Å². The molecule has 3 rings (SSSR count). The average molecular weight is 268 g/mol. The van der Waals surface area contributed by atoms with Gasteiger partial charge < -0.3 is 4.98 Å². The average Bonchev–Trinajstić information content (AvgIpc) is 2.89. The van der Waals surface area contributed by atoms with Gasteiger partial charge in [0.05, 0.1) is 0 Å². The zero-order valence-electron chi connectivity index (χ0n) is 10.5. The molecule has 0 saturated carbocycles. The Morgan fingerprint density at radius 1 is 1.40 bits per heavy atom. The predicted octanol–water partition coefficient (Wildman–Crippen LogP) is 2.01. The number of aromatic nitrogens is 3. The van der Waals surface area contributed by atoms with Crippen molar-refractivity contribution < 1.29 is 4.39 Å². The van der Waals surface area contributed by atoms with Gasteiger partial charge in [0.2, 0.25) is 5.95 Å². The van der Waals surface area contributed by atoms with Crippen LogP contribution in [0.25, 0.3) is 16.8 Å². The quantitative estimate of drug-likeness (QED) is 0.686. The molecule has 0 aliphatic heterocycles. The van der Waals surface area contributed by atoms with Gasteiger partial charge >= 0.3 is 0 Å². The molecule has 0 unspecified atom stereocenters. The molecule has 0 bridgehead atoms. The number of aryl methyl sites for hydroxylation is 1. The second-order valence-corrected chi connectivity index (χ2v) is 4.36. The van der Waals surface area contributed by atoms with E-state index in [1.807, 2.05) is 0 Å². The van der Waals surface area contributed by atoms with Crippen LogP contribution >= 0.6 is 0 Å². The summed E-state index contributed by atoms with van der Waals surface area (Å²) >= 11 is 0. The summed E-state index contributed by atoms with van der Waals surface area (Å²) in [6, 6.07) is 6.46. The van der Waals surface area contributed by atoms with Gasteiger partial charge in [-0.1, -0.05) is 0 Å². The van der Waals surface area contributed by atoms with Gasteiger partial charge in [-0.05, 0) is 25.1 Å². The third kappa shape index (κ3) is 1.68. The number of nitriles is 1. The van der Waals surface area contributed by atoms with Crippen molar-refractivity contribution in [1.82, 2.24) is 14.4 Å². The molecular formula is C14H9FN4O. The van der Waals surface area contributed by atoms with Gasteiger partial charge in [0.25, 0.3) is 5.56 Å². The minimum Gasteiger partial charge on any atom is -0.325 e. The minimum absolute atomic E-state index is 0.0456. The maximum absolute atomic E-state index is 14.5. The van der Waals surface area contributed by atoms with Gasteiger partial charge in [-0.15, -0.1) is 0 Å². The molecule has 3 aromatic heterocycles. The first-order chi connectivity index (χ1) is 9.61. The monoisotopic (exact) mass is 268 g/mol. The lowest BCUT2D eigenvalue weighted by atomic mass is 10.0. The Kier molecular flexibility index (Phi) is 2.61. The van der Waals surface area contributed by atoms with Crippen LogP contribution in [0.4, 0.5) is 4.39 Å². The number of halogens is 1. The molecule has 6 heteroatoms. The number of nitrogens with zero attached hydrogens (tertiary/aromatic N) is 3. The maximum atomic E-state index is 14.5.